The topological polar surface area (TPSA) is 9.23 Å². The van der Waals surface area contributed by atoms with E-state index in [1.165, 1.54) is 24.0 Å². The molecular formula is C19H23BOP. The number of benzene rings is 2. The van der Waals surface area contributed by atoms with E-state index in [-0.39, 0.29) is 8.41 Å². The van der Waals surface area contributed by atoms with Crippen LogP contribution in [0.5, 0.6) is 0 Å². The molecular weight excluding hydrogens is 286 g/mol. The summed E-state index contributed by atoms with van der Waals surface area (Å²) >= 11 is 0. The Kier molecular flexibility index (Phi) is 6.23. The molecule has 3 heteroatoms. The lowest BCUT2D eigenvalue weighted by atomic mass is 10.0. The van der Waals surface area contributed by atoms with Crippen LogP contribution in [0, 0.1) is 0 Å². The fourth-order valence-electron chi connectivity index (χ4n) is 3.16. The van der Waals surface area contributed by atoms with E-state index in [4.69, 9.17) is 4.52 Å². The van der Waals surface area contributed by atoms with Crippen LogP contribution in [0.4, 0.5) is 0 Å². The third kappa shape index (κ3) is 3.80. The van der Waals surface area contributed by atoms with E-state index in [0.29, 0.717) is 17.4 Å². The summed E-state index contributed by atoms with van der Waals surface area (Å²) in [5.74, 6) is 0. The van der Waals surface area contributed by atoms with Crippen LogP contribution in [-0.4, -0.2) is 14.5 Å². The molecule has 22 heavy (non-hydrogen) atoms. The molecule has 1 nitrogen and oxygen atoms in total. The third-order valence-electron chi connectivity index (χ3n) is 4.03. The van der Waals surface area contributed by atoms with Crippen molar-refractivity contribution in [2.24, 2.45) is 0 Å². The monoisotopic (exact) mass is 309 g/mol. The highest BCUT2D eigenvalue weighted by Crippen LogP contribution is 2.71. The number of hydrogen-bond acceptors (Lipinski definition) is 1. The van der Waals surface area contributed by atoms with Gasteiger partial charge < -0.3 is 4.52 Å². The fourth-order valence-corrected chi connectivity index (χ4v) is 6.11. The zero-order valence-electron chi connectivity index (χ0n) is 13.4. The first kappa shape index (κ1) is 17.3. The molecule has 2 atom stereocenters. The quantitative estimate of drug-likeness (QED) is 0.519. The summed E-state index contributed by atoms with van der Waals surface area (Å²) in [5, 5.41) is 0. The molecule has 0 bridgehead atoms. The average molecular weight is 309 g/mol. The SMILES string of the molecule is CC(C)OP1[C@H](c2ccccc2)CC[C@H]1c1ccccc1.[B]. The Morgan fingerprint density at radius 3 is 1.59 bits per heavy atom. The van der Waals surface area contributed by atoms with E-state index in [1.807, 2.05) is 0 Å². The summed E-state index contributed by atoms with van der Waals surface area (Å²) in [7, 11) is -0.464. The third-order valence-corrected chi connectivity index (χ3v) is 7.04. The molecule has 1 aliphatic heterocycles. The first-order valence-electron chi connectivity index (χ1n) is 7.80. The largest absolute Gasteiger partial charge is 0.355 e. The van der Waals surface area contributed by atoms with Crippen molar-refractivity contribution < 1.29 is 4.52 Å². The molecule has 3 radical (unpaired) electrons. The Morgan fingerprint density at radius 1 is 0.818 bits per heavy atom. The first-order valence-corrected chi connectivity index (χ1v) is 9.20. The molecule has 2 aromatic rings. The van der Waals surface area contributed by atoms with Gasteiger partial charge in [0.15, 0.2) is 0 Å². The Morgan fingerprint density at radius 2 is 1.23 bits per heavy atom. The van der Waals surface area contributed by atoms with Gasteiger partial charge in [-0.3, -0.25) is 0 Å². The molecule has 0 amide bonds. The summed E-state index contributed by atoms with van der Waals surface area (Å²) in [6.07, 6.45) is 2.77. The fraction of sp³-hybridized carbons (Fsp3) is 0.368. The van der Waals surface area contributed by atoms with Crippen LogP contribution >= 0.6 is 8.15 Å². The molecule has 0 N–H and O–H groups in total. The lowest BCUT2D eigenvalue weighted by Crippen LogP contribution is -2.04. The van der Waals surface area contributed by atoms with Gasteiger partial charge in [-0.1, -0.05) is 60.7 Å². The van der Waals surface area contributed by atoms with Crippen LogP contribution in [-0.2, 0) is 4.52 Å². The van der Waals surface area contributed by atoms with Gasteiger partial charge in [0.1, 0.15) is 0 Å². The minimum Gasteiger partial charge on any atom is -0.355 e. The van der Waals surface area contributed by atoms with Crippen LogP contribution < -0.4 is 0 Å². The van der Waals surface area contributed by atoms with Crippen LogP contribution in [0.25, 0.3) is 0 Å². The molecule has 0 spiro atoms. The molecule has 3 rings (SSSR count). The van der Waals surface area contributed by atoms with Crippen molar-refractivity contribution in [1.29, 1.82) is 0 Å². The molecule has 1 aliphatic rings. The zero-order chi connectivity index (χ0) is 14.7. The van der Waals surface area contributed by atoms with E-state index < -0.39 is 8.15 Å². The predicted molar refractivity (Wildman–Crippen MR) is 96.5 cm³/mol. The van der Waals surface area contributed by atoms with Crippen LogP contribution in [0.1, 0.15) is 49.1 Å². The Labute approximate surface area is 137 Å². The van der Waals surface area contributed by atoms with Gasteiger partial charge in [0.25, 0.3) is 0 Å². The average Bonchev–Trinajstić information content (AvgIpc) is 2.92. The lowest BCUT2D eigenvalue weighted by Gasteiger charge is -2.27. The van der Waals surface area contributed by atoms with Crippen molar-refractivity contribution in [2.75, 3.05) is 0 Å². The maximum atomic E-state index is 6.41. The first-order chi connectivity index (χ1) is 10.3. The molecule has 0 unspecified atom stereocenters. The van der Waals surface area contributed by atoms with E-state index in [1.54, 1.807) is 0 Å². The molecule has 1 saturated heterocycles. The van der Waals surface area contributed by atoms with E-state index in [0.717, 1.165) is 0 Å². The van der Waals surface area contributed by atoms with E-state index in [9.17, 15) is 0 Å². The molecule has 0 saturated carbocycles. The standard InChI is InChI=1S/C19H23OP.B/c1-15(2)20-21-18(16-9-5-3-6-10-16)13-14-19(21)17-11-7-4-8-12-17;/h3-12,15,18-19H,13-14H2,1-2H3;/t18-,19-;/m0./s1. The van der Waals surface area contributed by atoms with E-state index in [2.05, 4.69) is 74.5 Å². The van der Waals surface area contributed by atoms with Gasteiger partial charge in [0.2, 0.25) is 0 Å². The highest BCUT2D eigenvalue weighted by atomic mass is 31.1. The number of hydrogen-bond donors (Lipinski definition) is 0. The van der Waals surface area contributed by atoms with Crippen molar-refractivity contribution in [3.63, 3.8) is 0 Å². The van der Waals surface area contributed by atoms with E-state index >= 15 is 0 Å². The molecule has 2 aromatic carbocycles. The molecule has 0 aromatic heterocycles. The number of rotatable bonds is 4. The maximum Gasteiger partial charge on any atom is 0.0562 e. The minimum absolute atomic E-state index is 0. The maximum absolute atomic E-state index is 6.41. The van der Waals surface area contributed by atoms with Crippen molar-refractivity contribution >= 4 is 16.6 Å². The summed E-state index contributed by atoms with van der Waals surface area (Å²) in [5.41, 5.74) is 4.05. The van der Waals surface area contributed by atoms with Crippen LogP contribution in [0.15, 0.2) is 60.7 Å². The predicted octanol–water partition coefficient (Wildman–Crippen LogP) is 5.70. The van der Waals surface area contributed by atoms with Gasteiger partial charge in [-0.05, 0) is 37.8 Å². The van der Waals surface area contributed by atoms with Crippen molar-refractivity contribution in [3.8, 4) is 0 Å². The van der Waals surface area contributed by atoms with Gasteiger partial charge >= 0.3 is 0 Å². The Bertz CT molecular complexity index is 511. The van der Waals surface area contributed by atoms with Crippen molar-refractivity contribution in [1.82, 2.24) is 0 Å². The Hall–Kier alpha value is -1.11. The van der Waals surface area contributed by atoms with Gasteiger partial charge in [0.05, 0.1) is 6.10 Å². The summed E-state index contributed by atoms with van der Waals surface area (Å²) in [6.45, 7) is 4.32. The molecule has 1 fully saturated rings. The summed E-state index contributed by atoms with van der Waals surface area (Å²) in [4.78, 5) is 0. The smallest absolute Gasteiger partial charge is 0.0562 e. The molecule has 0 aliphatic carbocycles. The minimum atomic E-state index is -0.464. The van der Waals surface area contributed by atoms with Gasteiger partial charge in [-0.25, -0.2) is 0 Å². The normalized spacial score (nSPS) is 21.8. The zero-order valence-corrected chi connectivity index (χ0v) is 14.2. The van der Waals surface area contributed by atoms with Crippen LogP contribution in [0.3, 0.4) is 0 Å². The molecule has 113 valence electrons. The Balaban J connectivity index is 0.00000176. The second-order valence-corrected chi connectivity index (χ2v) is 8.12. The summed E-state index contributed by atoms with van der Waals surface area (Å²) in [6, 6.07) is 21.8. The highest BCUT2D eigenvalue weighted by Gasteiger charge is 2.39. The second-order valence-electron chi connectivity index (χ2n) is 5.94. The van der Waals surface area contributed by atoms with Gasteiger partial charge in [-0.15, -0.1) is 0 Å². The second kappa shape index (κ2) is 7.95. The van der Waals surface area contributed by atoms with Crippen LogP contribution in [0.2, 0.25) is 0 Å². The lowest BCUT2D eigenvalue weighted by molar-refractivity contribution is 0.266. The van der Waals surface area contributed by atoms with Gasteiger partial charge in [0, 0.05) is 27.9 Å². The van der Waals surface area contributed by atoms with Crippen molar-refractivity contribution in [3.05, 3.63) is 71.8 Å². The highest BCUT2D eigenvalue weighted by molar-refractivity contribution is 7.53. The van der Waals surface area contributed by atoms with Gasteiger partial charge in [-0.2, -0.15) is 0 Å². The molecule has 1 heterocycles. The van der Waals surface area contributed by atoms with Crippen molar-refractivity contribution in [2.45, 2.75) is 44.1 Å². The summed E-state index contributed by atoms with van der Waals surface area (Å²) < 4.78 is 6.41.